The third-order valence-electron chi connectivity index (χ3n) is 2.21. The highest BCUT2D eigenvalue weighted by molar-refractivity contribution is 7.15. The summed E-state index contributed by atoms with van der Waals surface area (Å²) in [6, 6.07) is 5.98. The Kier molecular flexibility index (Phi) is 3.81. The van der Waals surface area contributed by atoms with Gasteiger partial charge in [0.25, 0.3) is 0 Å². The van der Waals surface area contributed by atoms with Gasteiger partial charge >= 0.3 is 0 Å². The number of thiazole rings is 1. The van der Waals surface area contributed by atoms with Crippen LogP contribution < -0.4 is 0 Å². The molecule has 0 radical (unpaired) electrons. The smallest absolute Gasteiger partial charge is 0.125 e. The lowest BCUT2D eigenvalue weighted by Crippen LogP contribution is -1.92. The standard InChI is InChI=1S/C12H11N3OS/c1-16-8-10-11(4-5-13)17-12(15-10)9-3-2-6-14-7-9/h2-3,6-7H,4,8H2,1H3. The number of hydrogen-bond acceptors (Lipinski definition) is 5. The second-order valence-electron chi connectivity index (χ2n) is 3.40. The van der Waals surface area contributed by atoms with Crippen molar-refractivity contribution in [3.63, 3.8) is 0 Å². The van der Waals surface area contributed by atoms with Crippen LogP contribution in [-0.4, -0.2) is 17.1 Å². The molecule has 17 heavy (non-hydrogen) atoms. The van der Waals surface area contributed by atoms with Crippen molar-refractivity contribution in [2.75, 3.05) is 7.11 Å². The van der Waals surface area contributed by atoms with Gasteiger partial charge in [-0.2, -0.15) is 5.26 Å². The second-order valence-corrected chi connectivity index (χ2v) is 4.48. The Hall–Kier alpha value is -1.77. The third kappa shape index (κ3) is 2.67. The summed E-state index contributed by atoms with van der Waals surface area (Å²) >= 11 is 1.52. The monoisotopic (exact) mass is 245 g/mol. The molecule has 0 aliphatic rings. The molecule has 0 amide bonds. The first-order valence-electron chi connectivity index (χ1n) is 5.10. The molecule has 86 valence electrons. The predicted molar refractivity (Wildman–Crippen MR) is 65.4 cm³/mol. The predicted octanol–water partition coefficient (Wildman–Crippen LogP) is 2.42. The summed E-state index contributed by atoms with van der Waals surface area (Å²) in [5, 5.41) is 9.65. The lowest BCUT2D eigenvalue weighted by Gasteiger charge is -1.95. The Labute approximate surface area is 104 Å². The molecule has 0 saturated carbocycles. The number of nitriles is 1. The van der Waals surface area contributed by atoms with E-state index in [1.807, 2.05) is 12.1 Å². The van der Waals surface area contributed by atoms with Gasteiger partial charge in [0, 0.05) is 29.9 Å². The molecule has 0 spiro atoms. The van der Waals surface area contributed by atoms with E-state index in [1.165, 1.54) is 11.3 Å². The van der Waals surface area contributed by atoms with Gasteiger partial charge < -0.3 is 4.74 Å². The fourth-order valence-corrected chi connectivity index (χ4v) is 2.44. The molecule has 0 aliphatic carbocycles. The van der Waals surface area contributed by atoms with Gasteiger partial charge in [-0.3, -0.25) is 4.98 Å². The summed E-state index contributed by atoms with van der Waals surface area (Å²) in [4.78, 5) is 9.52. The van der Waals surface area contributed by atoms with E-state index in [9.17, 15) is 0 Å². The van der Waals surface area contributed by atoms with Crippen LogP contribution in [-0.2, 0) is 17.8 Å². The first-order chi connectivity index (χ1) is 8.35. The van der Waals surface area contributed by atoms with Crippen molar-refractivity contribution < 1.29 is 4.74 Å². The number of ether oxygens (including phenoxy) is 1. The van der Waals surface area contributed by atoms with Crippen LogP contribution in [0.25, 0.3) is 10.6 Å². The highest BCUT2D eigenvalue weighted by Crippen LogP contribution is 2.28. The molecule has 2 rings (SSSR count). The minimum absolute atomic E-state index is 0.372. The van der Waals surface area contributed by atoms with Crippen molar-refractivity contribution in [2.24, 2.45) is 0 Å². The summed E-state index contributed by atoms with van der Waals surface area (Å²) in [6.45, 7) is 0.438. The van der Waals surface area contributed by atoms with E-state index in [0.29, 0.717) is 13.0 Å². The minimum Gasteiger partial charge on any atom is -0.378 e. The van der Waals surface area contributed by atoms with Crippen molar-refractivity contribution in [1.82, 2.24) is 9.97 Å². The number of methoxy groups -OCH3 is 1. The summed E-state index contributed by atoms with van der Waals surface area (Å²) in [6.07, 6.45) is 3.87. The number of hydrogen-bond donors (Lipinski definition) is 0. The molecule has 0 fully saturated rings. The van der Waals surface area contributed by atoms with Gasteiger partial charge in [-0.1, -0.05) is 0 Å². The van der Waals surface area contributed by atoms with Gasteiger partial charge in [0.05, 0.1) is 24.8 Å². The van der Waals surface area contributed by atoms with Crippen LogP contribution in [0.1, 0.15) is 10.6 Å². The Morgan fingerprint density at radius 1 is 1.53 bits per heavy atom. The maximum atomic E-state index is 8.77. The summed E-state index contributed by atoms with van der Waals surface area (Å²) in [7, 11) is 1.62. The van der Waals surface area contributed by atoms with E-state index in [4.69, 9.17) is 10.00 Å². The van der Waals surface area contributed by atoms with Gasteiger partial charge in [0.15, 0.2) is 0 Å². The average molecular weight is 245 g/mol. The van der Waals surface area contributed by atoms with Crippen LogP contribution in [0, 0.1) is 11.3 Å². The molecule has 0 atom stereocenters. The first kappa shape index (κ1) is 11.7. The molecule has 5 heteroatoms. The second kappa shape index (κ2) is 5.53. The van der Waals surface area contributed by atoms with Crippen molar-refractivity contribution >= 4 is 11.3 Å². The molecule has 0 aliphatic heterocycles. The van der Waals surface area contributed by atoms with E-state index >= 15 is 0 Å². The molecule has 0 N–H and O–H groups in total. The number of rotatable bonds is 4. The molecule has 2 heterocycles. The zero-order valence-corrected chi connectivity index (χ0v) is 10.2. The van der Waals surface area contributed by atoms with Crippen LogP contribution in [0.4, 0.5) is 0 Å². The molecule has 0 unspecified atom stereocenters. The van der Waals surface area contributed by atoms with E-state index < -0.39 is 0 Å². The van der Waals surface area contributed by atoms with Gasteiger partial charge in [-0.05, 0) is 12.1 Å². The zero-order valence-electron chi connectivity index (χ0n) is 9.38. The van der Waals surface area contributed by atoms with Gasteiger partial charge in [-0.15, -0.1) is 11.3 Å². The van der Waals surface area contributed by atoms with E-state index in [-0.39, 0.29) is 0 Å². The lowest BCUT2D eigenvalue weighted by molar-refractivity contribution is 0.181. The molecule has 2 aromatic rings. The molecule has 4 nitrogen and oxygen atoms in total. The molecular formula is C12H11N3OS. The van der Waals surface area contributed by atoms with Crippen LogP contribution in [0.3, 0.4) is 0 Å². The molecular weight excluding hydrogens is 234 g/mol. The van der Waals surface area contributed by atoms with Crippen LogP contribution >= 0.6 is 11.3 Å². The van der Waals surface area contributed by atoms with Gasteiger partial charge in [0.2, 0.25) is 0 Å². The fourth-order valence-electron chi connectivity index (χ4n) is 1.46. The van der Waals surface area contributed by atoms with Crippen molar-refractivity contribution in [3.8, 4) is 16.6 Å². The SMILES string of the molecule is COCc1nc(-c2cccnc2)sc1CC#N. The lowest BCUT2D eigenvalue weighted by atomic mass is 10.3. The topological polar surface area (TPSA) is 58.8 Å². The van der Waals surface area contributed by atoms with Gasteiger partial charge in [-0.25, -0.2) is 4.98 Å². The number of pyridine rings is 1. The molecule has 2 aromatic heterocycles. The van der Waals surface area contributed by atoms with E-state index in [0.717, 1.165) is 21.1 Å². The quantitative estimate of drug-likeness (QED) is 0.830. The number of nitrogens with zero attached hydrogens (tertiary/aromatic N) is 3. The Morgan fingerprint density at radius 3 is 3.06 bits per heavy atom. The van der Waals surface area contributed by atoms with Crippen LogP contribution in [0.5, 0.6) is 0 Å². The first-order valence-corrected chi connectivity index (χ1v) is 5.91. The van der Waals surface area contributed by atoms with Crippen molar-refractivity contribution in [1.29, 1.82) is 5.26 Å². The highest BCUT2D eigenvalue weighted by Gasteiger charge is 2.12. The van der Waals surface area contributed by atoms with Crippen LogP contribution in [0.2, 0.25) is 0 Å². The molecule has 0 aromatic carbocycles. The number of aromatic nitrogens is 2. The maximum Gasteiger partial charge on any atom is 0.125 e. The maximum absolute atomic E-state index is 8.77. The molecule has 0 bridgehead atoms. The third-order valence-corrected chi connectivity index (χ3v) is 3.35. The Morgan fingerprint density at radius 2 is 2.41 bits per heavy atom. The largest absolute Gasteiger partial charge is 0.378 e. The van der Waals surface area contributed by atoms with Gasteiger partial charge in [0.1, 0.15) is 5.01 Å². The van der Waals surface area contributed by atoms with E-state index in [1.54, 1.807) is 19.5 Å². The Bertz CT molecular complexity index is 530. The highest BCUT2D eigenvalue weighted by atomic mass is 32.1. The zero-order chi connectivity index (χ0) is 12.1. The summed E-state index contributed by atoms with van der Waals surface area (Å²) in [5.74, 6) is 0. The van der Waals surface area contributed by atoms with E-state index in [2.05, 4.69) is 16.0 Å². The fraction of sp³-hybridized carbons (Fsp3) is 0.250. The minimum atomic E-state index is 0.372. The van der Waals surface area contributed by atoms with Crippen molar-refractivity contribution in [3.05, 3.63) is 35.1 Å². The molecule has 0 saturated heterocycles. The average Bonchev–Trinajstić information content (AvgIpc) is 2.75. The van der Waals surface area contributed by atoms with Crippen LogP contribution in [0.15, 0.2) is 24.5 Å². The summed E-state index contributed by atoms with van der Waals surface area (Å²) in [5.41, 5.74) is 1.82. The normalized spacial score (nSPS) is 10.1. The Balaban J connectivity index is 2.37. The summed E-state index contributed by atoms with van der Waals surface area (Å²) < 4.78 is 5.08. The van der Waals surface area contributed by atoms with Crippen molar-refractivity contribution in [2.45, 2.75) is 13.0 Å².